The number of hydrogen-bond donors (Lipinski definition) is 4. The van der Waals surface area contributed by atoms with Gasteiger partial charge in [-0.15, -0.1) is 0 Å². The molecule has 14 heteroatoms. The summed E-state index contributed by atoms with van der Waals surface area (Å²) in [6, 6.07) is 3.74. The number of nitrogens with zero attached hydrogens (tertiary/aromatic N) is 4. The summed E-state index contributed by atoms with van der Waals surface area (Å²) in [5.41, 5.74) is 1.53. The number of carbonyl (C=O) groups excluding carboxylic acids is 2. The molecule has 3 aromatic rings. The van der Waals surface area contributed by atoms with Gasteiger partial charge in [-0.2, -0.15) is 17.6 Å². The summed E-state index contributed by atoms with van der Waals surface area (Å²) >= 11 is 0. The van der Waals surface area contributed by atoms with E-state index in [9.17, 15) is 27.2 Å². The highest BCUT2D eigenvalue weighted by atomic mass is 19.3. The smallest absolute Gasteiger partial charge is 0.319 e. The molecule has 1 aromatic carbocycles. The Kier molecular flexibility index (Phi) is 8.64. The SMILES string of the molecule is Cc1ccc(NC(=O)NCCc2nccn2C(F)F)cc1NC(=O)NCCc1nccn1C(F)F. The number of imidazole rings is 2. The Labute approximate surface area is 197 Å². The topological polar surface area (TPSA) is 118 Å². The largest absolute Gasteiger partial charge is 0.337 e. The van der Waals surface area contributed by atoms with Gasteiger partial charge in [0.25, 0.3) is 0 Å². The second kappa shape index (κ2) is 11.9. The molecule has 0 unspecified atom stereocenters. The van der Waals surface area contributed by atoms with Gasteiger partial charge >= 0.3 is 25.2 Å². The minimum atomic E-state index is -2.71. The molecule has 0 spiro atoms. The van der Waals surface area contributed by atoms with E-state index in [4.69, 9.17) is 0 Å². The minimum absolute atomic E-state index is 0.0821. The van der Waals surface area contributed by atoms with Crippen molar-refractivity contribution in [3.05, 3.63) is 60.2 Å². The molecule has 4 N–H and O–H groups in total. The molecule has 0 bridgehead atoms. The summed E-state index contributed by atoms with van der Waals surface area (Å²) < 4.78 is 52.8. The lowest BCUT2D eigenvalue weighted by Crippen LogP contribution is -2.32. The predicted octanol–water partition coefficient (Wildman–Crippen LogP) is 3.91. The van der Waals surface area contributed by atoms with Crippen molar-refractivity contribution in [2.45, 2.75) is 32.9 Å². The van der Waals surface area contributed by atoms with E-state index < -0.39 is 25.2 Å². The van der Waals surface area contributed by atoms with Crippen LogP contribution in [0.2, 0.25) is 0 Å². The molecule has 35 heavy (non-hydrogen) atoms. The van der Waals surface area contributed by atoms with E-state index in [1.807, 2.05) is 0 Å². The fraction of sp³-hybridized carbons (Fsp3) is 0.333. The van der Waals surface area contributed by atoms with E-state index in [1.54, 1.807) is 25.1 Å². The molecule has 2 heterocycles. The van der Waals surface area contributed by atoms with E-state index in [0.717, 1.165) is 27.1 Å². The van der Waals surface area contributed by atoms with Gasteiger partial charge in [-0.05, 0) is 24.6 Å². The molecule has 0 aliphatic rings. The van der Waals surface area contributed by atoms with E-state index in [0.29, 0.717) is 11.4 Å². The van der Waals surface area contributed by atoms with Gasteiger partial charge in [0.05, 0.1) is 0 Å². The lowest BCUT2D eigenvalue weighted by atomic mass is 10.2. The molecular formula is C21H24F4N8O2. The average Bonchev–Trinajstić information content (AvgIpc) is 3.46. The first-order chi connectivity index (χ1) is 16.7. The third-order valence-electron chi connectivity index (χ3n) is 4.93. The molecule has 0 saturated carbocycles. The summed E-state index contributed by atoms with van der Waals surface area (Å²) in [4.78, 5) is 32.1. The number of hydrogen-bond acceptors (Lipinski definition) is 4. The standard InChI is InChI=1S/C21H24F4N8O2/c1-13-2-3-14(30-20(34)28-6-4-16-26-8-10-32(16)18(22)23)12-15(13)31-21(35)29-7-5-17-27-9-11-33(17)19(24)25/h2-3,8-12,18-19H,4-7H2,1H3,(H2,28,30,34)(H2,29,31,35). The number of urea groups is 2. The van der Waals surface area contributed by atoms with Gasteiger partial charge in [0, 0.05) is 62.1 Å². The fourth-order valence-corrected chi connectivity index (χ4v) is 3.18. The quantitative estimate of drug-likeness (QED) is 0.319. The lowest BCUT2D eigenvalue weighted by molar-refractivity contribution is 0.0665. The monoisotopic (exact) mass is 496 g/mol. The third-order valence-corrected chi connectivity index (χ3v) is 4.93. The highest BCUT2D eigenvalue weighted by Gasteiger charge is 2.13. The maximum atomic E-state index is 12.8. The zero-order valence-corrected chi connectivity index (χ0v) is 18.6. The maximum Gasteiger partial charge on any atom is 0.319 e. The first-order valence-corrected chi connectivity index (χ1v) is 10.5. The Balaban J connectivity index is 1.46. The number of amides is 4. The fourth-order valence-electron chi connectivity index (χ4n) is 3.18. The number of alkyl halides is 4. The number of halogens is 4. The zero-order chi connectivity index (χ0) is 25.4. The van der Waals surface area contributed by atoms with Gasteiger partial charge in [0.1, 0.15) is 11.6 Å². The maximum absolute atomic E-state index is 12.8. The molecule has 2 aromatic heterocycles. The van der Waals surface area contributed by atoms with Crippen LogP contribution in [0.4, 0.5) is 38.5 Å². The molecule has 10 nitrogen and oxygen atoms in total. The van der Waals surface area contributed by atoms with Crippen LogP contribution in [-0.4, -0.2) is 44.3 Å². The van der Waals surface area contributed by atoms with Crippen LogP contribution >= 0.6 is 0 Å². The molecule has 0 atom stereocenters. The number of benzene rings is 1. The van der Waals surface area contributed by atoms with Crippen LogP contribution < -0.4 is 21.3 Å². The van der Waals surface area contributed by atoms with Crippen molar-refractivity contribution >= 4 is 23.4 Å². The molecule has 4 amide bonds. The van der Waals surface area contributed by atoms with E-state index in [-0.39, 0.29) is 37.6 Å². The minimum Gasteiger partial charge on any atom is -0.337 e. The number of rotatable bonds is 10. The van der Waals surface area contributed by atoms with Crippen LogP contribution in [0.25, 0.3) is 0 Å². The first-order valence-electron chi connectivity index (χ1n) is 10.5. The molecule has 188 valence electrons. The molecule has 3 rings (SSSR count). The first kappa shape index (κ1) is 25.5. The Hall–Kier alpha value is -4.10. The highest BCUT2D eigenvalue weighted by molar-refractivity contribution is 5.93. The summed E-state index contributed by atoms with van der Waals surface area (Å²) in [6.07, 6.45) is 5.08. The van der Waals surface area contributed by atoms with Crippen LogP contribution in [0.1, 0.15) is 30.3 Å². The molecule has 0 saturated heterocycles. The van der Waals surface area contributed by atoms with Crippen molar-refractivity contribution < 1.29 is 27.2 Å². The molecule has 0 fully saturated rings. The van der Waals surface area contributed by atoms with Crippen LogP contribution in [0.5, 0.6) is 0 Å². The molecular weight excluding hydrogens is 472 g/mol. The number of anilines is 2. The predicted molar refractivity (Wildman–Crippen MR) is 120 cm³/mol. The molecule has 0 radical (unpaired) electrons. The normalized spacial score (nSPS) is 11.1. The van der Waals surface area contributed by atoms with Crippen molar-refractivity contribution in [1.29, 1.82) is 0 Å². The van der Waals surface area contributed by atoms with Gasteiger partial charge in [0.15, 0.2) is 0 Å². The van der Waals surface area contributed by atoms with Gasteiger partial charge in [0.2, 0.25) is 0 Å². The molecule has 0 aliphatic carbocycles. The number of aromatic nitrogens is 4. The number of aryl methyl sites for hydroxylation is 1. The number of carbonyl (C=O) groups is 2. The van der Waals surface area contributed by atoms with Crippen LogP contribution in [0.3, 0.4) is 0 Å². The Morgan fingerprint density at radius 3 is 1.89 bits per heavy atom. The summed E-state index contributed by atoms with van der Waals surface area (Å²) in [5, 5.41) is 10.4. The Morgan fingerprint density at radius 1 is 0.857 bits per heavy atom. The summed E-state index contributed by atoms with van der Waals surface area (Å²) in [5.74, 6) is 0.290. The second-order valence-electron chi connectivity index (χ2n) is 7.35. The average molecular weight is 496 g/mol. The second-order valence-corrected chi connectivity index (χ2v) is 7.35. The van der Waals surface area contributed by atoms with Crippen molar-refractivity contribution in [1.82, 2.24) is 29.7 Å². The van der Waals surface area contributed by atoms with Gasteiger partial charge in [-0.1, -0.05) is 6.07 Å². The molecule has 0 aliphatic heterocycles. The summed E-state index contributed by atoms with van der Waals surface area (Å²) in [7, 11) is 0. The highest BCUT2D eigenvalue weighted by Crippen LogP contribution is 2.20. The number of nitrogens with one attached hydrogen (secondary N) is 4. The lowest BCUT2D eigenvalue weighted by Gasteiger charge is -2.13. The van der Waals surface area contributed by atoms with Gasteiger partial charge in [-0.3, -0.25) is 9.13 Å². The van der Waals surface area contributed by atoms with Crippen LogP contribution in [0.15, 0.2) is 43.0 Å². The van der Waals surface area contributed by atoms with Crippen molar-refractivity contribution in [2.24, 2.45) is 0 Å². The summed E-state index contributed by atoms with van der Waals surface area (Å²) in [6.45, 7) is -3.50. The van der Waals surface area contributed by atoms with Crippen LogP contribution in [-0.2, 0) is 12.8 Å². The zero-order valence-electron chi connectivity index (χ0n) is 18.6. The Morgan fingerprint density at radius 2 is 1.37 bits per heavy atom. The van der Waals surface area contributed by atoms with E-state index in [1.165, 1.54) is 12.4 Å². The van der Waals surface area contributed by atoms with Crippen molar-refractivity contribution in [3.63, 3.8) is 0 Å². The van der Waals surface area contributed by atoms with Crippen molar-refractivity contribution in [3.8, 4) is 0 Å². The van der Waals surface area contributed by atoms with Gasteiger partial charge < -0.3 is 21.3 Å². The van der Waals surface area contributed by atoms with E-state index >= 15 is 0 Å². The van der Waals surface area contributed by atoms with Crippen LogP contribution in [0, 0.1) is 6.92 Å². The van der Waals surface area contributed by atoms with Gasteiger partial charge in [-0.25, -0.2) is 19.6 Å². The third kappa shape index (κ3) is 7.19. The Bertz CT molecular complexity index is 1150. The van der Waals surface area contributed by atoms with E-state index in [2.05, 4.69) is 31.2 Å². The van der Waals surface area contributed by atoms with Crippen molar-refractivity contribution in [2.75, 3.05) is 23.7 Å².